The lowest BCUT2D eigenvalue weighted by Crippen LogP contribution is -1.96. The number of nitrogens with zero attached hydrogens (tertiary/aromatic N) is 3. The van der Waals surface area contributed by atoms with Gasteiger partial charge in [-0.05, 0) is 35.6 Å². The summed E-state index contributed by atoms with van der Waals surface area (Å²) in [6, 6.07) is 17.0. The van der Waals surface area contributed by atoms with E-state index in [-0.39, 0.29) is 6.04 Å². The summed E-state index contributed by atoms with van der Waals surface area (Å²) in [5.41, 5.74) is 13.2. The van der Waals surface area contributed by atoms with Gasteiger partial charge in [-0.2, -0.15) is 0 Å². The van der Waals surface area contributed by atoms with Gasteiger partial charge in [0, 0.05) is 17.3 Å². The number of H-pyrrole nitrogens is 1. The fourth-order valence-corrected chi connectivity index (χ4v) is 4.01. The van der Waals surface area contributed by atoms with Crippen LogP contribution in [0.3, 0.4) is 0 Å². The highest BCUT2D eigenvalue weighted by molar-refractivity contribution is 6.02. The van der Waals surface area contributed by atoms with E-state index in [1.165, 1.54) is 17.5 Å². The molecule has 5 nitrogen and oxygen atoms in total. The van der Waals surface area contributed by atoms with Crippen LogP contribution in [0, 0.1) is 0 Å². The third-order valence-electron chi connectivity index (χ3n) is 5.29. The summed E-state index contributed by atoms with van der Waals surface area (Å²) in [6.45, 7) is 0. The van der Waals surface area contributed by atoms with Crippen LogP contribution in [-0.2, 0) is 6.42 Å². The van der Waals surface area contributed by atoms with Crippen LogP contribution >= 0.6 is 0 Å². The fraction of sp³-hybridized carbons (Fsp3) is 0.136. The average molecular weight is 353 g/mol. The van der Waals surface area contributed by atoms with Crippen LogP contribution in [0.25, 0.3) is 33.4 Å². The van der Waals surface area contributed by atoms with Gasteiger partial charge in [0.25, 0.3) is 0 Å². The molecule has 1 atom stereocenters. The van der Waals surface area contributed by atoms with Crippen LogP contribution in [-0.4, -0.2) is 21.3 Å². The molecule has 0 fully saturated rings. The highest BCUT2D eigenvalue weighted by Gasteiger charge is 2.23. The van der Waals surface area contributed by atoms with E-state index in [1.807, 2.05) is 24.4 Å². The van der Waals surface area contributed by atoms with Gasteiger partial charge in [0.1, 0.15) is 12.0 Å². The molecule has 0 spiro atoms. The Hall–Kier alpha value is -3.47. The number of nitrogens with two attached hydrogens (primary N) is 1. The van der Waals surface area contributed by atoms with E-state index in [4.69, 9.17) is 5.73 Å². The molecule has 0 saturated heterocycles. The minimum Gasteiger partial charge on any atom is -0.390 e. The lowest BCUT2D eigenvalue weighted by molar-refractivity contribution is 0.718. The second kappa shape index (κ2) is 6.36. The number of aromatic amines is 1. The number of aryl methyl sites for hydroxylation is 1. The van der Waals surface area contributed by atoms with Crippen molar-refractivity contribution in [2.24, 2.45) is 10.7 Å². The first-order valence-electron chi connectivity index (χ1n) is 9.09. The maximum Gasteiger partial charge on any atom is 0.141 e. The summed E-state index contributed by atoms with van der Waals surface area (Å²) in [7, 11) is 0. The van der Waals surface area contributed by atoms with E-state index >= 15 is 0 Å². The van der Waals surface area contributed by atoms with Crippen molar-refractivity contribution < 1.29 is 0 Å². The number of hydrogen-bond donors (Lipinski definition) is 2. The van der Waals surface area contributed by atoms with E-state index in [1.54, 1.807) is 6.33 Å². The molecule has 3 N–H and O–H groups in total. The maximum atomic E-state index is 5.54. The minimum atomic E-state index is 0.141. The Morgan fingerprint density at radius 3 is 2.81 bits per heavy atom. The Morgan fingerprint density at radius 2 is 1.96 bits per heavy atom. The molecule has 2 aromatic carbocycles. The lowest BCUT2D eigenvalue weighted by atomic mass is 9.98. The van der Waals surface area contributed by atoms with E-state index < -0.39 is 0 Å². The summed E-state index contributed by atoms with van der Waals surface area (Å²) in [4.78, 5) is 16.8. The normalized spacial score (nSPS) is 16.2. The van der Waals surface area contributed by atoms with Crippen molar-refractivity contribution in [2.75, 3.05) is 0 Å². The molecule has 2 heterocycles. The Bertz CT molecular complexity index is 1140. The van der Waals surface area contributed by atoms with Crippen LogP contribution in [0.4, 0.5) is 0 Å². The van der Waals surface area contributed by atoms with Crippen molar-refractivity contribution in [3.05, 3.63) is 72.2 Å². The molecule has 5 heteroatoms. The van der Waals surface area contributed by atoms with E-state index in [0.717, 1.165) is 46.3 Å². The van der Waals surface area contributed by atoms with Gasteiger partial charge >= 0.3 is 0 Å². The van der Waals surface area contributed by atoms with Gasteiger partial charge in [-0.25, -0.2) is 9.97 Å². The summed E-state index contributed by atoms with van der Waals surface area (Å²) < 4.78 is 0. The molecule has 1 aliphatic carbocycles. The molecule has 27 heavy (non-hydrogen) atoms. The van der Waals surface area contributed by atoms with Gasteiger partial charge in [0.15, 0.2) is 0 Å². The Labute approximate surface area is 157 Å². The van der Waals surface area contributed by atoms with E-state index in [2.05, 4.69) is 50.3 Å². The third kappa shape index (κ3) is 2.59. The molecule has 0 aliphatic heterocycles. The van der Waals surface area contributed by atoms with Crippen molar-refractivity contribution in [1.82, 2.24) is 15.0 Å². The summed E-state index contributed by atoms with van der Waals surface area (Å²) >= 11 is 0. The molecule has 0 bridgehead atoms. The van der Waals surface area contributed by atoms with Crippen molar-refractivity contribution in [3.63, 3.8) is 0 Å². The monoisotopic (exact) mass is 353 g/mol. The molecule has 132 valence electrons. The standard InChI is InChI=1S/C22H19N5/c23-12-25-19-9-8-15-6-7-16(10-17(15)19)21-20-18(14-4-2-1-3-5-14)11-24-22(20)27-13-26-21/h1-7,10-13,19H,8-9H2,(H2,23,25)(H,24,26,27)/t19-/m0/s1. The zero-order valence-electron chi connectivity index (χ0n) is 14.8. The lowest BCUT2D eigenvalue weighted by Gasteiger charge is -2.10. The van der Waals surface area contributed by atoms with Crippen LogP contribution < -0.4 is 5.73 Å². The first-order chi connectivity index (χ1) is 13.3. The zero-order chi connectivity index (χ0) is 18.2. The highest BCUT2D eigenvalue weighted by atomic mass is 14.9. The van der Waals surface area contributed by atoms with Crippen LogP contribution in [0.1, 0.15) is 23.6 Å². The molecular weight excluding hydrogens is 334 g/mol. The van der Waals surface area contributed by atoms with Gasteiger partial charge in [-0.15, -0.1) is 0 Å². The van der Waals surface area contributed by atoms with Crippen molar-refractivity contribution in [3.8, 4) is 22.4 Å². The number of rotatable bonds is 3. The van der Waals surface area contributed by atoms with Crippen LogP contribution in [0.2, 0.25) is 0 Å². The van der Waals surface area contributed by atoms with Gasteiger partial charge in [-0.3, -0.25) is 4.99 Å². The number of hydrogen-bond acceptors (Lipinski definition) is 3. The molecule has 4 aromatic rings. The SMILES string of the molecule is NC=N[C@H]1CCc2ccc(-c3ncnc4[nH]cc(-c5ccccc5)c34)cc21. The number of benzene rings is 2. The zero-order valence-corrected chi connectivity index (χ0v) is 14.8. The largest absolute Gasteiger partial charge is 0.390 e. The molecule has 0 radical (unpaired) electrons. The molecule has 0 unspecified atom stereocenters. The quantitative estimate of drug-likeness (QED) is 0.426. The highest BCUT2D eigenvalue weighted by Crippen LogP contribution is 2.39. The summed E-state index contributed by atoms with van der Waals surface area (Å²) in [6.07, 6.45) is 7.08. The molecule has 5 rings (SSSR count). The van der Waals surface area contributed by atoms with Crippen molar-refractivity contribution >= 4 is 17.4 Å². The fourth-order valence-electron chi connectivity index (χ4n) is 4.01. The summed E-state index contributed by atoms with van der Waals surface area (Å²) in [5, 5.41) is 1.04. The van der Waals surface area contributed by atoms with Gasteiger partial charge in [0.2, 0.25) is 0 Å². The Kier molecular flexibility index (Phi) is 3.71. The molecule has 0 saturated carbocycles. The molecule has 2 aromatic heterocycles. The first kappa shape index (κ1) is 15.8. The first-order valence-corrected chi connectivity index (χ1v) is 9.09. The van der Waals surface area contributed by atoms with Gasteiger partial charge in [-0.1, -0.05) is 42.5 Å². The smallest absolute Gasteiger partial charge is 0.141 e. The van der Waals surface area contributed by atoms with Crippen LogP contribution in [0.5, 0.6) is 0 Å². The minimum absolute atomic E-state index is 0.141. The van der Waals surface area contributed by atoms with Crippen LogP contribution in [0.15, 0.2) is 66.0 Å². The maximum absolute atomic E-state index is 5.54. The summed E-state index contributed by atoms with van der Waals surface area (Å²) in [5.74, 6) is 0. The predicted molar refractivity (Wildman–Crippen MR) is 109 cm³/mol. The number of aliphatic imine (C=N–C) groups is 1. The number of fused-ring (bicyclic) bond motifs is 2. The van der Waals surface area contributed by atoms with Crippen molar-refractivity contribution in [2.45, 2.75) is 18.9 Å². The predicted octanol–water partition coefficient (Wildman–Crippen LogP) is 4.27. The molecular formula is C22H19N5. The third-order valence-corrected chi connectivity index (χ3v) is 5.29. The topological polar surface area (TPSA) is 79.9 Å². The van der Waals surface area contributed by atoms with Gasteiger partial charge in [0.05, 0.1) is 23.5 Å². The van der Waals surface area contributed by atoms with E-state index in [9.17, 15) is 0 Å². The molecule has 1 aliphatic rings. The van der Waals surface area contributed by atoms with E-state index in [0.29, 0.717) is 0 Å². The Balaban J connectivity index is 1.71. The second-order valence-corrected chi connectivity index (χ2v) is 6.78. The Morgan fingerprint density at radius 1 is 1.07 bits per heavy atom. The van der Waals surface area contributed by atoms with Crippen molar-refractivity contribution in [1.29, 1.82) is 0 Å². The number of aromatic nitrogens is 3. The molecule has 0 amide bonds. The average Bonchev–Trinajstić information content (AvgIpc) is 3.33. The second-order valence-electron chi connectivity index (χ2n) is 6.78. The number of nitrogens with one attached hydrogen (secondary N) is 1. The van der Waals surface area contributed by atoms with Gasteiger partial charge < -0.3 is 10.7 Å².